The number of benzene rings is 2. The van der Waals surface area contributed by atoms with Crippen molar-refractivity contribution in [1.82, 2.24) is 0 Å². The highest BCUT2D eigenvalue weighted by Crippen LogP contribution is 2.36. The minimum Gasteiger partial charge on any atom is -0.486 e. The third-order valence-corrected chi connectivity index (χ3v) is 5.90. The number of amides is 2. The summed E-state index contributed by atoms with van der Waals surface area (Å²) in [5.74, 6) is -0.553. The van der Waals surface area contributed by atoms with Gasteiger partial charge in [-0.3, -0.25) is 14.4 Å². The van der Waals surface area contributed by atoms with Crippen molar-refractivity contribution in [1.29, 1.82) is 0 Å². The Labute approximate surface area is 192 Å². The first-order chi connectivity index (χ1) is 16.0. The first kappa shape index (κ1) is 22.6. The van der Waals surface area contributed by atoms with E-state index in [2.05, 4.69) is 5.32 Å². The van der Waals surface area contributed by atoms with E-state index in [1.165, 1.54) is 4.90 Å². The number of hydrogen-bond donors (Lipinski definition) is 1. The normalized spacial score (nSPS) is 17.1. The molecule has 0 radical (unpaired) electrons. The highest BCUT2D eigenvalue weighted by Gasteiger charge is 2.37. The number of carbonyl (C=O) groups is 3. The Morgan fingerprint density at radius 3 is 2.45 bits per heavy atom. The zero-order valence-electron chi connectivity index (χ0n) is 18.9. The predicted molar refractivity (Wildman–Crippen MR) is 123 cm³/mol. The van der Waals surface area contributed by atoms with E-state index in [1.54, 1.807) is 18.2 Å². The Kier molecular flexibility index (Phi) is 6.82. The molecule has 1 atom stereocenters. The number of esters is 1. The number of rotatable bonds is 7. The molecule has 0 saturated carbocycles. The number of ether oxygens (including phenoxy) is 3. The zero-order chi connectivity index (χ0) is 23.4. The van der Waals surface area contributed by atoms with E-state index in [-0.39, 0.29) is 18.9 Å². The number of aryl methyl sites for hydroxylation is 2. The molecule has 0 bridgehead atoms. The number of carbonyl (C=O) groups excluding carboxylic acids is 3. The fourth-order valence-corrected chi connectivity index (χ4v) is 4.15. The molecule has 33 heavy (non-hydrogen) atoms. The number of para-hydroxylation sites is 1. The van der Waals surface area contributed by atoms with Gasteiger partial charge >= 0.3 is 5.97 Å². The molecule has 2 aromatic carbocycles. The van der Waals surface area contributed by atoms with E-state index < -0.39 is 24.4 Å². The third-order valence-electron chi connectivity index (χ3n) is 5.90. The summed E-state index contributed by atoms with van der Waals surface area (Å²) < 4.78 is 16.3. The zero-order valence-corrected chi connectivity index (χ0v) is 18.9. The Hall–Kier alpha value is -3.55. The maximum absolute atomic E-state index is 12.6. The lowest BCUT2D eigenvalue weighted by atomic mass is 10.0. The molecule has 2 aliphatic heterocycles. The van der Waals surface area contributed by atoms with Gasteiger partial charge in [0.15, 0.2) is 18.1 Å². The standard InChI is InChI=1S/C25H28N2O6/c1-3-16-6-5-7-17(4-2)24(16)26-22(28)15-33-25(30)18-12-23(29)27(14-18)19-8-9-20-21(13-19)32-11-10-31-20/h5-9,13,18H,3-4,10-12,14-15H2,1-2H3,(H,26,28). The molecular weight excluding hydrogens is 424 g/mol. The largest absolute Gasteiger partial charge is 0.486 e. The Morgan fingerprint density at radius 2 is 1.76 bits per heavy atom. The van der Waals surface area contributed by atoms with Gasteiger partial charge in [-0.05, 0) is 36.1 Å². The van der Waals surface area contributed by atoms with Crippen LogP contribution in [0.5, 0.6) is 11.5 Å². The van der Waals surface area contributed by atoms with E-state index in [0.717, 1.165) is 29.7 Å². The van der Waals surface area contributed by atoms with Gasteiger partial charge < -0.3 is 24.4 Å². The number of hydrogen-bond acceptors (Lipinski definition) is 6. The molecule has 1 N–H and O–H groups in total. The smallest absolute Gasteiger partial charge is 0.311 e. The van der Waals surface area contributed by atoms with Crippen LogP contribution in [0.2, 0.25) is 0 Å². The van der Waals surface area contributed by atoms with Crippen molar-refractivity contribution in [3.05, 3.63) is 47.5 Å². The maximum Gasteiger partial charge on any atom is 0.311 e. The topological polar surface area (TPSA) is 94.2 Å². The van der Waals surface area contributed by atoms with Gasteiger partial charge in [-0.15, -0.1) is 0 Å². The second-order valence-electron chi connectivity index (χ2n) is 8.05. The molecule has 8 heteroatoms. The van der Waals surface area contributed by atoms with E-state index in [4.69, 9.17) is 14.2 Å². The van der Waals surface area contributed by atoms with Crippen molar-refractivity contribution in [3.8, 4) is 11.5 Å². The second kappa shape index (κ2) is 9.94. The van der Waals surface area contributed by atoms with Crippen LogP contribution in [-0.2, 0) is 32.0 Å². The molecule has 2 aromatic rings. The fourth-order valence-electron chi connectivity index (χ4n) is 4.15. The molecule has 2 aliphatic rings. The summed E-state index contributed by atoms with van der Waals surface area (Å²) in [6.45, 7) is 4.78. The van der Waals surface area contributed by atoms with Crippen LogP contribution in [0.3, 0.4) is 0 Å². The van der Waals surface area contributed by atoms with Crippen LogP contribution in [0.1, 0.15) is 31.4 Å². The van der Waals surface area contributed by atoms with Gasteiger partial charge in [0.1, 0.15) is 13.2 Å². The van der Waals surface area contributed by atoms with Crippen LogP contribution < -0.4 is 19.7 Å². The van der Waals surface area contributed by atoms with E-state index in [0.29, 0.717) is 30.4 Å². The molecule has 2 amide bonds. The number of nitrogens with one attached hydrogen (secondary N) is 1. The summed E-state index contributed by atoms with van der Waals surface area (Å²) in [6.07, 6.45) is 1.60. The molecule has 174 valence electrons. The van der Waals surface area contributed by atoms with Crippen LogP contribution in [0.4, 0.5) is 11.4 Å². The minimum atomic E-state index is -0.632. The molecule has 1 unspecified atom stereocenters. The van der Waals surface area contributed by atoms with Crippen LogP contribution >= 0.6 is 0 Å². The molecule has 0 spiro atoms. The maximum atomic E-state index is 12.6. The number of nitrogens with zero attached hydrogens (tertiary/aromatic N) is 1. The van der Waals surface area contributed by atoms with Crippen molar-refractivity contribution < 1.29 is 28.6 Å². The molecule has 1 fully saturated rings. The van der Waals surface area contributed by atoms with Gasteiger partial charge in [0.25, 0.3) is 5.91 Å². The summed E-state index contributed by atoms with van der Waals surface area (Å²) in [6, 6.07) is 11.2. The number of anilines is 2. The van der Waals surface area contributed by atoms with E-state index in [9.17, 15) is 14.4 Å². The van der Waals surface area contributed by atoms with Crippen LogP contribution in [0.25, 0.3) is 0 Å². The van der Waals surface area contributed by atoms with Crippen molar-refractivity contribution in [3.63, 3.8) is 0 Å². The summed E-state index contributed by atoms with van der Waals surface area (Å²) in [5.41, 5.74) is 3.49. The first-order valence-corrected chi connectivity index (χ1v) is 11.3. The van der Waals surface area contributed by atoms with Gasteiger partial charge in [0.2, 0.25) is 5.91 Å². The van der Waals surface area contributed by atoms with Gasteiger partial charge in [-0.2, -0.15) is 0 Å². The lowest BCUT2D eigenvalue weighted by Crippen LogP contribution is -2.28. The van der Waals surface area contributed by atoms with Crippen molar-refractivity contribution in [2.75, 3.05) is 36.6 Å². The van der Waals surface area contributed by atoms with Gasteiger partial charge in [-0.25, -0.2) is 0 Å². The van der Waals surface area contributed by atoms with Gasteiger partial charge in [-0.1, -0.05) is 32.0 Å². The molecule has 1 saturated heterocycles. The van der Waals surface area contributed by atoms with E-state index >= 15 is 0 Å². The lowest BCUT2D eigenvalue weighted by molar-refractivity contribution is -0.151. The average Bonchev–Trinajstić information content (AvgIpc) is 3.24. The molecule has 4 rings (SSSR count). The Morgan fingerprint density at radius 1 is 1.06 bits per heavy atom. The van der Waals surface area contributed by atoms with Gasteiger partial charge in [0.05, 0.1) is 5.92 Å². The third kappa shape index (κ3) is 4.94. The molecule has 2 heterocycles. The quantitative estimate of drug-likeness (QED) is 0.649. The van der Waals surface area contributed by atoms with Crippen LogP contribution in [-0.4, -0.2) is 44.1 Å². The lowest BCUT2D eigenvalue weighted by Gasteiger charge is -2.22. The average molecular weight is 453 g/mol. The SMILES string of the molecule is CCc1cccc(CC)c1NC(=O)COC(=O)C1CC(=O)N(c2ccc3c(c2)OCCO3)C1. The Balaban J connectivity index is 1.34. The molecule has 8 nitrogen and oxygen atoms in total. The highest BCUT2D eigenvalue weighted by atomic mass is 16.6. The first-order valence-electron chi connectivity index (χ1n) is 11.3. The summed E-state index contributed by atoms with van der Waals surface area (Å²) >= 11 is 0. The van der Waals surface area contributed by atoms with Crippen LogP contribution in [0, 0.1) is 5.92 Å². The van der Waals surface area contributed by atoms with E-state index in [1.807, 2.05) is 32.0 Å². The van der Waals surface area contributed by atoms with Crippen molar-refractivity contribution >= 4 is 29.2 Å². The summed E-state index contributed by atoms with van der Waals surface area (Å²) in [7, 11) is 0. The van der Waals surface area contributed by atoms with Crippen LogP contribution in [0.15, 0.2) is 36.4 Å². The molecule has 0 aliphatic carbocycles. The number of fused-ring (bicyclic) bond motifs is 1. The van der Waals surface area contributed by atoms with Gasteiger partial charge in [0, 0.05) is 30.4 Å². The minimum absolute atomic E-state index is 0.0353. The molecular formula is C25H28N2O6. The second-order valence-corrected chi connectivity index (χ2v) is 8.05. The summed E-state index contributed by atoms with van der Waals surface area (Å²) in [5, 5.41) is 2.88. The van der Waals surface area contributed by atoms with Crippen molar-refractivity contribution in [2.24, 2.45) is 5.92 Å². The van der Waals surface area contributed by atoms with Crippen molar-refractivity contribution in [2.45, 2.75) is 33.1 Å². The molecule has 0 aromatic heterocycles. The Bertz CT molecular complexity index is 1040. The monoisotopic (exact) mass is 452 g/mol. The predicted octanol–water partition coefficient (Wildman–Crippen LogP) is 3.12. The fraction of sp³-hybridized carbons (Fsp3) is 0.400. The highest BCUT2D eigenvalue weighted by molar-refractivity contribution is 6.00. The summed E-state index contributed by atoms with van der Waals surface area (Å²) in [4.78, 5) is 39.1.